The zero-order valence-corrected chi connectivity index (χ0v) is 4.81. The van der Waals surface area contributed by atoms with Crippen LogP contribution in [-0.4, -0.2) is 25.9 Å². The Morgan fingerprint density at radius 1 is 1.50 bits per heavy atom. The molecule has 0 bridgehead atoms. The molecule has 0 aliphatic rings. The molecule has 5 nitrogen and oxygen atoms in total. The summed E-state index contributed by atoms with van der Waals surface area (Å²) < 4.78 is 19.6. The normalized spacial score (nSPS) is 9.62. The first kappa shape index (κ1) is 10.5. The second-order valence-electron chi connectivity index (χ2n) is 0.996. The minimum Gasteiger partial charge on any atom is -0.412 e. The van der Waals surface area contributed by atoms with Gasteiger partial charge in [0, 0.05) is 0 Å². The molecular weight excluding hydrogens is 134 g/mol. The predicted molar refractivity (Wildman–Crippen MR) is 27.7 cm³/mol. The number of hydrogen-bond acceptors (Lipinski definition) is 3. The monoisotopic (exact) mass is 141 g/mol. The lowest BCUT2D eigenvalue weighted by molar-refractivity contribution is -0.105. The van der Waals surface area contributed by atoms with Crippen LogP contribution < -0.4 is 5.14 Å². The fourth-order valence-corrected chi connectivity index (χ4v) is 0.285. The lowest BCUT2D eigenvalue weighted by atomic mass is 10.9. The Hall–Kier alpha value is -0.460. The highest BCUT2D eigenvalue weighted by molar-refractivity contribution is 7.89. The summed E-state index contributed by atoms with van der Waals surface area (Å²) in [6, 6.07) is 0. The van der Waals surface area contributed by atoms with Gasteiger partial charge in [-0.2, -0.15) is 0 Å². The van der Waals surface area contributed by atoms with Crippen molar-refractivity contribution in [3.63, 3.8) is 0 Å². The van der Waals surface area contributed by atoms with Crippen LogP contribution in [0.1, 0.15) is 0 Å². The molecule has 50 valence electrons. The predicted octanol–water partition coefficient (Wildman–Crippen LogP) is -2.35. The molecular formula is C2H7NO4S. The van der Waals surface area contributed by atoms with E-state index in [4.69, 9.17) is 0 Å². The maximum absolute atomic E-state index is 9.78. The van der Waals surface area contributed by atoms with Crippen LogP contribution in [0.2, 0.25) is 0 Å². The van der Waals surface area contributed by atoms with Gasteiger partial charge in [0.2, 0.25) is 10.0 Å². The molecule has 6 heteroatoms. The molecule has 0 atom stereocenters. The van der Waals surface area contributed by atoms with Crippen LogP contribution in [0.15, 0.2) is 0 Å². The average Bonchev–Trinajstić information content (AvgIpc) is 1.30. The minimum atomic E-state index is -3.54. The van der Waals surface area contributed by atoms with E-state index in [1.54, 1.807) is 0 Å². The van der Waals surface area contributed by atoms with Crippen molar-refractivity contribution in [1.82, 2.24) is 0 Å². The Labute approximate surface area is 46.8 Å². The highest BCUT2D eigenvalue weighted by Crippen LogP contribution is 1.66. The number of primary sulfonamides is 1. The van der Waals surface area contributed by atoms with Gasteiger partial charge in [0.25, 0.3) is 0 Å². The van der Waals surface area contributed by atoms with Crippen molar-refractivity contribution >= 4 is 16.3 Å². The Kier molecular flexibility index (Phi) is 4.64. The summed E-state index contributed by atoms with van der Waals surface area (Å²) in [5.74, 6) is -0.590. The van der Waals surface area contributed by atoms with Gasteiger partial charge in [-0.25, -0.2) is 13.6 Å². The summed E-state index contributed by atoms with van der Waals surface area (Å²) in [4.78, 5) is 9.36. The Morgan fingerprint density at radius 3 is 1.88 bits per heavy atom. The number of nitrogens with two attached hydrogens (primary N) is 1. The summed E-state index contributed by atoms with van der Waals surface area (Å²) in [5, 5.41) is 4.39. The zero-order valence-electron chi connectivity index (χ0n) is 3.99. The summed E-state index contributed by atoms with van der Waals surface area (Å²) in [5.41, 5.74) is 0. The highest BCUT2D eigenvalue weighted by atomic mass is 32.2. The van der Waals surface area contributed by atoms with Crippen LogP contribution in [0.3, 0.4) is 0 Å². The lowest BCUT2D eigenvalue weighted by Crippen LogP contribution is -2.16. The van der Waals surface area contributed by atoms with Crippen LogP contribution in [0.25, 0.3) is 0 Å². The number of carbonyl (C=O) groups is 1. The largest absolute Gasteiger partial charge is 0.412 e. The number of carbonyl (C=O) groups excluding carboxylic acids is 1. The molecule has 0 unspecified atom stereocenters. The molecule has 0 amide bonds. The Bertz CT molecular complexity index is 147. The first-order chi connectivity index (χ1) is 3.06. The van der Waals surface area contributed by atoms with Gasteiger partial charge in [-0.1, -0.05) is 0 Å². The van der Waals surface area contributed by atoms with E-state index in [0.29, 0.717) is 0 Å². The summed E-state index contributed by atoms with van der Waals surface area (Å²) in [6.45, 7) is 0. The molecule has 0 radical (unpaired) electrons. The number of hydrogen-bond donors (Lipinski definition) is 1. The lowest BCUT2D eigenvalue weighted by Gasteiger charge is -1.81. The van der Waals surface area contributed by atoms with Gasteiger partial charge in [0.15, 0.2) is 0 Å². The molecule has 0 aliphatic heterocycles. The average molecular weight is 141 g/mol. The van der Waals surface area contributed by atoms with Gasteiger partial charge >= 0.3 is 0 Å². The second kappa shape index (κ2) is 3.53. The van der Waals surface area contributed by atoms with E-state index >= 15 is 0 Å². The quantitative estimate of drug-likeness (QED) is 0.434. The maximum atomic E-state index is 9.78. The summed E-state index contributed by atoms with van der Waals surface area (Å²) in [6.07, 6.45) is 0.245. The zero-order chi connectivity index (χ0) is 5.91. The maximum Gasteiger partial charge on any atom is 0.215 e. The van der Waals surface area contributed by atoms with Crippen molar-refractivity contribution in [2.24, 2.45) is 5.14 Å². The van der Waals surface area contributed by atoms with E-state index < -0.39 is 15.8 Å². The second-order valence-corrected chi connectivity index (χ2v) is 2.66. The van der Waals surface area contributed by atoms with Crippen LogP contribution in [0, 0.1) is 0 Å². The molecule has 0 aliphatic carbocycles. The summed E-state index contributed by atoms with van der Waals surface area (Å²) in [7, 11) is -3.54. The van der Waals surface area contributed by atoms with Crippen molar-refractivity contribution in [2.75, 3.05) is 5.75 Å². The third kappa shape index (κ3) is 9.11. The minimum absolute atomic E-state index is 0. The molecule has 0 aromatic heterocycles. The van der Waals surface area contributed by atoms with E-state index in [-0.39, 0.29) is 11.8 Å². The van der Waals surface area contributed by atoms with E-state index in [1.165, 1.54) is 0 Å². The number of sulfonamides is 1. The molecule has 4 N–H and O–H groups in total. The molecule has 8 heavy (non-hydrogen) atoms. The van der Waals surface area contributed by atoms with Crippen molar-refractivity contribution < 1.29 is 18.7 Å². The molecule has 0 fully saturated rings. The molecule has 0 saturated heterocycles. The van der Waals surface area contributed by atoms with Crippen LogP contribution in [0.5, 0.6) is 0 Å². The van der Waals surface area contributed by atoms with Gasteiger partial charge < -0.3 is 10.3 Å². The third-order valence-corrected chi connectivity index (χ3v) is 0.901. The first-order valence-corrected chi connectivity index (χ1v) is 3.22. The van der Waals surface area contributed by atoms with Crippen LogP contribution >= 0.6 is 0 Å². The van der Waals surface area contributed by atoms with Gasteiger partial charge in [-0.15, -0.1) is 0 Å². The van der Waals surface area contributed by atoms with E-state index in [0.717, 1.165) is 0 Å². The smallest absolute Gasteiger partial charge is 0.215 e. The van der Waals surface area contributed by atoms with Crippen LogP contribution in [0.4, 0.5) is 0 Å². The van der Waals surface area contributed by atoms with Crippen molar-refractivity contribution in [3.8, 4) is 0 Å². The topological polar surface area (TPSA) is 109 Å². The van der Waals surface area contributed by atoms with Gasteiger partial charge in [-0.3, -0.25) is 0 Å². The molecule has 0 saturated carbocycles. The molecule has 0 aromatic rings. The van der Waals surface area contributed by atoms with Crippen LogP contribution in [-0.2, 0) is 14.8 Å². The molecule has 0 heterocycles. The third-order valence-electron chi connectivity index (χ3n) is 0.300. The fraction of sp³-hybridized carbons (Fsp3) is 0.500. The van der Waals surface area contributed by atoms with Gasteiger partial charge in [-0.05, 0) is 0 Å². The van der Waals surface area contributed by atoms with Gasteiger partial charge in [0.1, 0.15) is 12.0 Å². The van der Waals surface area contributed by atoms with E-state index in [2.05, 4.69) is 5.14 Å². The molecule has 0 spiro atoms. The molecule has 0 rings (SSSR count). The fourth-order valence-electron chi connectivity index (χ4n) is 0.0948. The standard InChI is InChI=1S/C2H5NO3S.H2O/c3-7(5,6)2-1-4;/h1H,2H2,(H2,3,5,6);1H2. The Balaban J connectivity index is 0. The van der Waals surface area contributed by atoms with E-state index in [9.17, 15) is 13.2 Å². The van der Waals surface area contributed by atoms with Crippen molar-refractivity contribution in [2.45, 2.75) is 0 Å². The number of aldehydes is 1. The molecule has 0 aromatic carbocycles. The first-order valence-electron chi connectivity index (χ1n) is 1.50. The van der Waals surface area contributed by atoms with Gasteiger partial charge in [0.05, 0.1) is 0 Å². The van der Waals surface area contributed by atoms with Crippen molar-refractivity contribution in [3.05, 3.63) is 0 Å². The number of rotatable bonds is 2. The van der Waals surface area contributed by atoms with E-state index in [1.807, 2.05) is 0 Å². The SMILES string of the molecule is NS(=O)(=O)CC=O.O. The highest BCUT2D eigenvalue weighted by Gasteiger charge is 1.96. The Morgan fingerprint density at radius 2 is 1.88 bits per heavy atom. The summed E-state index contributed by atoms with van der Waals surface area (Å²) >= 11 is 0. The van der Waals surface area contributed by atoms with Crippen molar-refractivity contribution in [1.29, 1.82) is 0 Å².